The number of aromatic amines is 1. The Hall–Kier alpha value is -0.870. The highest BCUT2D eigenvalue weighted by Gasteiger charge is 2.49. The van der Waals surface area contributed by atoms with Crippen molar-refractivity contribution in [3.63, 3.8) is 0 Å². The summed E-state index contributed by atoms with van der Waals surface area (Å²) in [6.45, 7) is 8.17. The number of H-pyrrole nitrogens is 1. The molecule has 4 heteroatoms. The van der Waals surface area contributed by atoms with Crippen molar-refractivity contribution < 1.29 is 9.84 Å². The molecule has 1 aromatic heterocycles. The van der Waals surface area contributed by atoms with Gasteiger partial charge in [-0.3, -0.25) is 0 Å². The maximum absolute atomic E-state index is 10.3. The second-order valence-electron chi connectivity index (χ2n) is 5.70. The molecule has 90 valence electrons. The molecule has 2 unspecified atom stereocenters. The number of ether oxygens (including phenoxy) is 1. The molecule has 1 aromatic rings. The zero-order valence-corrected chi connectivity index (χ0v) is 10.3. The predicted octanol–water partition coefficient (Wildman–Crippen LogP) is 2.04. The van der Waals surface area contributed by atoms with Gasteiger partial charge >= 0.3 is 0 Å². The summed E-state index contributed by atoms with van der Waals surface area (Å²) in [6, 6.07) is 0. The van der Waals surface area contributed by atoms with Crippen LogP contribution in [-0.2, 0) is 4.74 Å². The van der Waals surface area contributed by atoms with Crippen LogP contribution >= 0.6 is 0 Å². The lowest BCUT2D eigenvalue weighted by atomic mass is 9.83. The molecule has 0 spiro atoms. The van der Waals surface area contributed by atoms with Gasteiger partial charge < -0.3 is 14.8 Å². The van der Waals surface area contributed by atoms with Crippen LogP contribution in [-0.4, -0.2) is 26.3 Å². The molecule has 0 radical (unpaired) electrons. The Kier molecular flexibility index (Phi) is 2.59. The number of hydrogen-bond donors (Lipinski definition) is 2. The van der Waals surface area contributed by atoms with E-state index in [9.17, 15) is 5.11 Å². The van der Waals surface area contributed by atoms with Crippen LogP contribution in [0.1, 0.15) is 46.0 Å². The van der Waals surface area contributed by atoms with Crippen molar-refractivity contribution >= 4 is 0 Å². The van der Waals surface area contributed by atoms with Crippen molar-refractivity contribution in [2.24, 2.45) is 5.92 Å². The van der Waals surface area contributed by atoms with E-state index in [0.717, 1.165) is 6.42 Å². The largest absolute Gasteiger partial charge is 0.385 e. The SMILES string of the molecule is CC1(C)CC(C(O)c2ncc[nH]2)C(C)(C)O1. The number of nitrogens with zero attached hydrogens (tertiary/aromatic N) is 1. The van der Waals surface area contributed by atoms with E-state index in [4.69, 9.17) is 4.74 Å². The summed E-state index contributed by atoms with van der Waals surface area (Å²) >= 11 is 0. The minimum absolute atomic E-state index is 0.0636. The van der Waals surface area contributed by atoms with Gasteiger partial charge in [-0.2, -0.15) is 0 Å². The van der Waals surface area contributed by atoms with E-state index >= 15 is 0 Å². The normalized spacial score (nSPS) is 29.2. The Balaban J connectivity index is 2.22. The fourth-order valence-corrected chi connectivity index (χ4v) is 2.73. The van der Waals surface area contributed by atoms with Crippen LogP contribution in [0.25, 0.3) is 0 Å². The predicted molar refractivity (Wildman–Crippen MR) is 60.9 cm³/mol. The van der Waals surface area contributed by atoms with Gasteiger partial charge in [-0.15, -0.1) is 0 Å². The number of hydrogen-bond acceptors (Lipinski definition) is 3. The lowest BCUT2D eigenvalue weighted by molar-refractivity contribution is -0.0887. The number of imidazole rings is 1. The molecule has 2 heterocycles. The molecule has 0 aromatic carbocycles. The second kappa shape index (κ2) is 3.57. The molecule has 2 atom stereocenters. The van der Waals surface area contributed by atoms with Crippen LogP contribution in [0.15, 0.2) is 12.4 Å². The van der Waals surface area contributed by atoms with Crippen LogP contribution in [0.4, 0.5) is 0 Å². The van der Waals surface area contributed by atoms with Crippen LogP contribution in [0.2, 0.25) is 0 Å². The summed E-state index contributed by atoms with van der Waals surface area (Å²) in [4.78, 5) is 7.08. The highest BCUT2D eigenvalue weighted by atomic mass is 16.5. The molecule has 0 aliphatic carbocycles. The summed E-state index contributed by atoms with van der Waals surface area (Å²) in [5.74, 6) is 0.688. The van der Waals surface area contributed by atoms with Crippen LogP contribution in [0, 0.1) is 5.92 Å². The average Bonchev–Trinajstić information content (AvgIpc) is 2.69. The Morgan fingerprint density at radius 3 is 2.62 bits per heavy atom. The Morgan fingerprint density at radius 1 is 1.50 bits per heavy atom. The highest BCUT2D eigenvalue weighted by Crippen LogP contribution is 2.46. The fraction of sp³-hybridized carbons (Fsp3) is 0.750. The monoisotopic (exact) mass is 224 g/mol. The zero-order chi connectivity index (χ0) is 12.0. The van der Waals surface area contributed by atoms with Crippen molar-refractivity contribution in [1.29, 1.82) is 0 Å². The van der Waals surface area contributed by atoms with Crippen molar-refractivity contribution in [3.05, 3.63) is 18.2 Å². The number of aromatic nitrogens is 2. The first kappa shape index (κ1) is 11.6. The van der Waals surface area contributed by atoms with Gasteiger partial charge in [0, 0.05) is 18.3 Å². The molecule has 1 aliphatic heterocycles. The van der Waals surface area contributed by atoms with Crippen molar-refractivity contribution in [2.75, 3.05) is 0 Å². The average molecular weight is 224 g/mol. The maximum Gasteiger partial charge on any atom is 0.135 e. The summed E-state index contributed by atoms with van der Waals surface area (Å²) in [5.41, 5.74) is -0.503. The van der Waals surface area contributed by atoms with Gasteiger partial charge in [-0.05, 0) is 34.1 Å². The molecular formula is C12H20N2O2. The summed E-state index contributed by atoms with van der Waals surface area (Å²) < 4.78 is 5.97. The first-order chi connectivity index (χ1) is 7.32. The van der Waals surface area contributed by atoms with Gasteiger partial charge in [-0.1, -0.05) is 0 Å². The zero-order valence-electron chi connectivity index (χ0n) is 10.3. The highest BCUT2D eigenvalue weighted by molar-refractivity contribution is 5.04. The topological polar surface area (TPSA) is 58.1 Å². The number of aliphatic hydroxyl groups excluding tert-OH is 1. The van der Waals surface area contributed by atoms with E-state index in [1.165, 1.54) is 0 Å². The molecule has 16 heavy (non-hydrogen) atoms. The van der Waals surface area contributed by atoms with Crippen LogP contribution in [0.3, 0.4) is 0 Å². The summed E-state index contributed by atoms with van der Waals surface area (Å²) in [7, 11) is 0. The summed E-state index contributed by atoms with van der Waals surface area (Å²) in [5, 5.41) is 10.3. The van der Waals surface area contributed by atoms with Crippen LogP contribution < -0.4 is 0 Å². The van der Waals surface area contributed by atoms with Gasteiger partial charge in [0.15, 0.2) is 0 Å². The van der Waals surface area contributed by atoms with Crippen LogP contribution in [0.5, 0.6) is 0 Å². The van der Waals surface area contributed by atoms with Gasteiger partial charge in [0.2, 0.25) is 0 Å². The second-order valence-corrected chi connectivity index (χ2v) is 5.70. The first-order valence-corrected chi connectivity index (χ1v) is 5.69. The van der Waals surface area contributed by atoms with Gasteiger partial charge in [0.1, 0.15) is 11.9 Å². The minimum Gasteiger partial charge on any atom is -0.385 e. The van der Waals surface area contributed by atoms with E-state index in [-0.39, 0.29) is 17.1 Å². The van der Waals surface area contributed by atoms with E-state index < -0.39 is 6.10 Å². The molecule has 0 saturated carbocycles. The molecular weight excluding hydrogens is 204 g/mol. The van der Waals surface area contributed by atoms with E-state index in [2.05, 4.69) is 23.8 Å². The lowest BCUT2D eigenvalue weighted by Gasteiger charge is -2.29. The van der Waals surface area contributed by atoms with Crippen molar-refractivity contribution in [2.45, 2.75) is 51.4 Å². The Morgan fingerprint density at radius 2 is 2.19 bits per heavy atom. The first-order valence-electron chi connectivity index (χ1n) is 5.69. The van der Waals surface area contributed by atoms with E-state index in [1.54, 1.807) is 12.4 Å². The molecule has 2 rings (SSSR count). The summed E-state index contributed by atoms with van der Waals surface area (Å²) in [6.07, 6.45) is 3.63. The standard InChI is InChI=1S/C12H20N2O2/c1-11(2)7-8(12(3,4)16-11)9(15)10-13-5-6-14-10/h5-6,8-9,15H,7H2,1-4H3,(H,13,14). The molecule has 2 N–H and O–H groups in total. The van der Waals surface area contributed by atoms with Crippen molar-refractivity contribution in [3.8, 4) is 0 Å². The van der Waals surface area contributed by atoms with E-state index in [0.29, 0.717) is 5.82 Å². The fourth-order valence-electron chi connectivity index (χ4n) is 2.73. The Bertz CT molecular complexity index is 357. The maximum atomic E-state index is 10.3. The van der Waals surface area contributed by atoms with E-state index in [1.807, 2.05) is 13.8 Å². The molecule has 1 fully saturated rings. The quantitative estimate of drug-likeness (QED) is 0.808. The number of rotatable bonds is 2. The third-order valence-electron chi connectivity index (χ3n) is 3.32. The molecule has 0 bridgehead atoms. The third-order valence-corrected chi connectivity index (χ3v) is 3.32. The Labute approximate surface area is 96.0 Å². The molecule has 1 aliphatic rings. The van der Waals surface area contributed by atoms with Gasteiger partial charge in [0.25, 0.3) is 0 Å². The number of aliphatic hydroxyl groups is 1. The molecule has 1 saturated heterocycles. The third kappa shape index (κ3) is 1.99. The number of nitrogens with one attached hydrogen (secondary N) is 1. The molecule has 0 amide bonds. The smallest absolute Gasteiger partial charge is 0.135 e. The lowest BCUT2D eigenvalue weighted by Crippen LogP contribution is -2.33. The minimum atomic E-state index is -0.591. The van der Waals surface area contributed by atoms with Crippen molar-refractivity contribution in [1.82, 2.24) is 9.97 Å². The van der Waals surface area contributed by atoms with Gasteiger partial charge in [-0.25, -0.2) is 4.98 Å². The molecule has 4 nitrogen and oxygen atoms in total. The van der Waals surface area contributed by atoms with Gasteiger partial charge in [0.05, 0.1) is 11.2 Å².